The highest BCUT2D eigenvalue weighted by Gasteiger charge is 2.42. The minimum Gasteiger partial charge on any atom is -0.357 e. The number of nitrogens with one attached hydrogen (secondary N) is 1. The highest BCUT2D eigenvalue weighted by Crippen LogP contribution is 2.48. The summed E-state index contributed by atoms with van der Waals surface area (Å²) in [5.74, 6) is 0.602. The van der Waals surface area contributed by atoms with E-state index in [-0.39, 0.29) is 29.3 Å². The summed E-state index contributed by atoms with van der Waals surface area (Å²) in [4.78, 5) is 53.3. The average molecular weight is 568 g/mol. The van der Waals surface area contributed by atoms with Crippen LogP contribution in [0.3, 0.4) is 0 Å². The molecule has 6 rings (SSSR count). The summed E-state index contributed by atoms with van der Waals surface area (Å²) in [7, 11) is 0. The second-order valence-corrected chi connectivity index (χ2v) is 11.8. The molecule has 3 aliphatic rings. The molecule has 0 saturated carbocycles. The van der Waals surface area contributed by atoms with E-state index in [2.05, 4.69) is 34.0 Å². The molecule has 0 spiro atoms. The molecule has 0 bridgehead atoms. The van der Waals surface area contributed by atoms with Crippen LogP contribution in [0.25, 0.3) is 0 Å². The molecule has 11 heteroatoms. The van der Waals surface area contributed by atoms with Crippen LogP contribution in [-0.4, -0.2) is 64.2 Å². The van der Waals surface area contributed by atoms with Gasteiger partial charge in [0.05, 0.1) is 28.9 Å². The number of non-ortho nitro benzene ring substituents is 1. The van der Waals surface area contributed by atoms with Gasteiger partial charge in [-0.1, -0.05) is 26.0 Å². The summed E-state index contributed by atoms with van der Waals surface area (Å²) in [6.07, 6.45) is 4.45. The van der Waals surface area contributed by atoms with E-state index in [1.54, 1.807) is 30.6 Å². The molecule has 216 valence electrons. The van der Waals surface area contributed by atoms with Crippen LogP contribution < -0.4 is 15.1 Å². The Kier molecular flexibility index (Phi) is 7.09. The van der Waals surface area contributed by atoms with E-state index in [1.807, 2.05) is 34.1 Å². The second-order valence-electron chi connectivity index (χ2n) is 11.8. The Morgan fingerprint density at radius 2 is 1.69 bits per heavy atom. The van der Waals surface area contributed by atoms with E-state index in [0.29, 0.717) is 50.5 Å². The van der Waals surface area contributed by atoms with E-state index in [0.717, 1.165) is 22.6 Å². The van der Waals surface area contributed by atoms with Gasteiger partial charge in [-0.25, -0.2) is 9.97 Å². The van der Waals surface area contributed by atoms with Crippen molar-refractivity contribution in [2.45, 2.75) is 32.7 Å². The van der Waals surface area contributed by atoms with E-state index < -0.39 is 11.0 Å². The van der Waals surface area contributed by atoms with Crippen molar-refractivity contribution in [3.05, 3.63) is 93.9 Å². The van der Waals surface area contributed by atoms with Gasteiger partial charge in [-0.2, -0.15) is 0 Å². The number of para-hydroxylation sites is 2. The quantitative estimate of drug-likeness (QED) is 0.354. The molecule has 11 nitrogen and oxygen atoms in total. The lowest BCUT2D eigenvalue weighted by atomic mass is 9.73. The van der Waals surface area contributed by atoms with Crippen LogP contribution in [0.2, 0.25) is 0 Å². The Morgan fingerprint density at radius 3 is 2.38 bits per heavy atom. The number of hydrogen-bond donors (Lipinski definition) is 1. The zero-order valence-corrected chi connectivity index (χ0v) is 23.7. The van der Waals surface area contributed by atoms with Gasteiger partial charge in [0.15, 0.2) is 5.78 Å². The maximum atomic E-state index is 13.9. The first-order valence-electron chi connectivity index (χ1n) is 14.1. The molecule has 3 heterocycles. The number of rotatable bonds is 5. The highest BCUT2D eigenvalue weighted by molar-refractivity contribution is 6.02. The monoisotopic (exact) mass is 567 g/mol. The van der Waals surface area contributed by atoms with Gasteiger partial charge < -0.3 is 20.0 Å². The molecule has 42 heavy (non-hydrogen) atoms. The molecule has 0 radical (unpaired) electrons. The number of nitro benzene ring substituents is 1. The van der Waals surface area contributed by atoms with Crippen molar-refractivity contribution in [1.29, 1.82) is 0 Å². The first-order chi connectivity index (χ1) is 20.2. The number of aromatic nitrogens is 2. The van der Waals surface area contributed by atoms with E-state index >= 15 is 0 Å². The van der Waals surface area contributed by atoms with Gasteiger partial charge in [-0.15, -0.1) is 0 Å². The van der Waals surface area contributed by atoms with Crippen LogP contribution >= 0.6 is 0 Å². The van der Waals surface area contributed by atoms with Crippen molar-refractivity contribution >= 4 is 34.7 Å². The minimum atomic E-state index is -0.594. The smallest absolute Gasteiger partial charge is 0.269 e. The SMILES string of the molecule is CC1(C)CC(=O)C2=C(C1)Nc1ccccc1N(CC(=O)N1CCN(c3ncccn3)CC1)C2c1ccc([N+](=O)[O-])cc1. The number of anilines is 3. The van der Waals surface area contributed by atoms with Crippen molar-refractivity contribution in [1.82, 2.24) is 14.9 Å². The van der Waals surface area contributed by atoms with Gasteiger partial charge in [-0.3, -0.25) is 19.7 Å². The van der Waals surface area contributed by atoms with Crippen LogP contribution in [0.4, 0.5) is 23.0 Å². The molecular weight excluding hydrogens is 534 g/mol. The summed E-state index contributed by atoms with van der Waals surface area (Å²) in [5, 5.41) is 15.0. The zero-order valence-electron chi connectivity index (χ0n) is 23.7. The summed E-state index contributed by atoms with van der Waals surface area (Å²) in [6, 6.07) is 15.3. The van der Waals surface area contributed by atoms with Gasteiger partial charge >= 0.3 is 0 Å². The molecule has 1 atom stereocenters. The Labute approximate surface area is 244 Å². The number of nitrogens with zero attached hydrogens (tertiary/aromatic N) is 6. The molecule has 1 fully saturated rings. The van der Waals surface area contributed by atoms with Crippen molar-refractivity contribution < 1.29 is 14.5 Å². The highest BCUT2D eigenvalue weighted by atomic mass is 16.6. The minimum absolute atomic E-state index is 0.0128. The predicted molar refractivity (Wildman–Crippen MR) is 159 cm³/mol. The molecule has 3 aromatic rings. The average Bonchev–Trinajstić information content (AvgIpc) is 3.11. The van der Waals surface area contributed by atoms with E-state index in [1.165, 1.54) is 12.1 Å². The Bertz CT molecular complexity index is 1550. The second kappa shape index (κ2) is 10.9. The number of amides is 1. The van der Waals surface area contributed by atoms with Crippen LogP contribution in [0.5, 0.6) is 0 Å². The molecule has 1 aliphatic carbocycles. The first kappa shape index (κ1) is 27.4. The number of hydrogen-bond acceptors (Lipinski definition) is 9. The third-order valence-electron chi connectivity index (χ3n) is 8.20. The molecule has 2 aromatic carbocycles. The third kappa shape index (κ3) is 5.29. The standard InChI is InChI=1S/C31H33N7O4/c1-31(2)18-24-28(26(39)19-31)29(21-8-10-22(11-9-21)38(41)42)37(25-7-4-3-6-23(25)34-24)20-27(40)35-14-16-36(17-15-35)30-32-12-5-13-33-30/h3-13,29,34H,14-20H2,1-2H3. The number of Topliss-reactive ketones (excluding diaryl/α,β-unsaturated/α-hetero) is 1. The number of allylic oxidation sites excluding steroid dienone is 1. The van der Waals surface area contributed by atoms with Gasteiger partial charge in [-0.05, 0) is 47.7 Å². The molecule has 2 aliphatic heterocycles. The fraction of sp³-hybridized carbons (Fsp3) is 0.355. The van der Waals surface area contributed by atoms with E-state index in [4.69, 9.17) is 0 Å². The number of carbonyl (C=O) groups excluding carboxylic acids is 2. The topological polar surface area (TPSA) is 125 Å². The van der Waals surface area contributed by atoms with Gasteiger partial charge in [0.2, 0.25) is 11.9 Å². The van der Waals surface area contributed by atoms with Crippen molar-refractivity contribution in [2.75, 3.05) is 47.8 Å². The molecule has 1 aromatic heterocycles. The zero-order chi connectivity index (χ0) is 29.4. The summed E-state index contributed by atoms with van der Waals surface area (Å²) in [6.45, 7) is 6.47. The Hall–Kier alpha value is -4.80. The molecule has 1 unspecified atom stereocenters. The largest absolute Gasteiger partial charge is 0.357 e. The van der Waals surface area contributed by atoms with Crippen LogP contribution in [0.1, 0.15) is 38.3 Å². The summed E-state index contributed by atoms with van der Waals surface area (Å²) < 4.78 is 0. The fourth-order valence-electron chi connectivity index (χ4n) is 6.21. The molecular formula is C31H33N7O4. The number of benzene rings is 2. The molecule has 1 N–H and O–H groups in total. The molecule has 1 saturated heterocycles. The maximum Gasteiger partial charge on any atom is 0.269 e. The third-order valence-corrected chi connectivity index (χ3v) is 8.20. The predicted octanol–water partition coefficient (Wildman–Crippen LogP) is 4.35. The lowest BCUT2D eigenvalue weighted by molar-refractivity contribution is -0.384. The molecule has 1 amide bonds. The number of carbonyl (C=O) groups is 2. The lowest BCUT2D eigenvalue weighted by Crippen LogP contribution is -2.52. The van der Waals surface area contributed by atoms with Gasteiger partial charge in [0.25, 0.3) is 5.69 Å². The summed E-state index contributed by atoms with van der Waals surface area (Å²) >= 11 is 0. The lowest BCUT2D eigenvalue weighted by Gasteiger charge is -2.39. The van der Waals surface area contributed by atoms with Crippen LogP contribution in [0.15, 0.2) is 78.3 Å². The van der Waals surface area contributed by atoms with E-state index in [9.17, 15) is 19.7 Å². The number of piperazine rings is 1. The van der Waals surface area contributed by atoms with Crippen molar-refractivity contribution in [3.8, 4) is 0 Å². The summed E-state index contributed by atoms with van der Waals surface area (Å²) in [5.41, 5.74) is 3.52. The normalized spacial score (nSPS) is 19.9. The Morgan fingerprint density at radius 1 is 1.00 bits per heavy atom. The van der Waals surface area contributed by atoms with Gasteiger partial charge in [0, 0.05) is 68.4 Å². The number of nitro groups is 1. The number of ketones is 1. The van der Waals surface area contributed by atoms with Crippen molar-refractivity contribution in [2.24, 2.45) is 5.41 Å². The van der Waals surface area contributed by atoms with Crippen LogP contribution in [0, 0.1) is 15.5 Å². The van der Waals surface area contributed by atoms with Crippen molar-refractivity contribution in [3.63, 3.8) is 0 Å². The Balaban J connectivity index is 1.37. The fourth-order valence-corrected chi connectivity index (χ4v) is 6.21. The van der Waals surface area contributed by atoms with Gasteiger partial charge in [0.1, 0.15) is 0 Å². The van der Waals surface area contributed by atoms with Crippen LogP contribution in [-0.2, 0) is 9.59 Å². The first-order valence-corrected chi connectivity index (χ1v) is 14.1. The number of fused-ring (bicyclic) bond motifs is 1. The maximum absolute atomic E-state index is 13.9.